The first-order valence-corrected chi connectivity index (χ1v) is 12.5. The fourth-order valence-electron chi connectivity index (χ4n) is 2.91. The topological polar surface area (TPSA) is 114 Å². The van der Waals surface area contributed by atoms with Gasteiger partial charge in [0.05, 0.1) is 4.90 Å². The molecule has 168 valence electrons. The van der Waals surface area contributed by atoms with Gasteiger partial charge < -0.3 is 4.42 Å². The van der Waals surface area contributed by atoms with Crippen molar-refractivity contribution in [2.45, 2.75) is 16.7 Å². The second-order valence-electron chi connectivity index (χ2n) is 7.09. The predicted molar refractivity (Wildman–Crippen MR) is 128 cm³/mol. The molecule has 0 saturated carbocycles. The molecule has 1 heterocycles. The van der Waals surface area contributed by atoms with Gasteiger partial charge in [-0.05, 0) is 73.8 Å². The lowest BCUT2D eigenvalue weighted by molar-refractivity contribution is 0.102. The van der Waals surface area contributed by atoms with Gasteiger partial charge in [0, 0.05) is 21.7 Å². The van der Waals surface area contributed by atoms with E-state index in [1.807, 2.05) is 37.4 Å². The fraction of sp³-hybridized carbons (Fsp3) is 0.0870. The average molecular weight is 481 g/mol. The van der Waals surface area contributed by atoms with Crippen molar-refractivity contribution < 1.29 is 17.6 Å². The van der Waals surface area contributed by atoms with Crippen LogP contribution < -0.4 is 10.0 Å². The van der Waals surface area contributed by atoms with E-state index in [0.717, 1.165) is 16.0 Å². The Labute approximate surface area is 195 Å². The standard InChI is InChI=1S/C23H20N4O4S2/c1-15-3-13-20(14-4-15)33(29,30)27-18-9-5-16(6-10-18)21(28)24-23-26-25-22(31-23)17-7-11-19(32-2)12-8-17/h3-14,27H,1-2H3,(H,24,26,28). The smallest absolute Gasteiger partial charge is 0.322 e. The molecular formula is C23H20N4O4S2. The number of carbonyl (C=O) groups excluding carboxylic acids is 1. The molecule has 1 aromatic heterocycles. The summed E-state index contributed by atoms with van der Waals surface area (Å²) in [6, 6.07) is 20.1. The number of aromatic nitrogens is 2. The van der Waals surface area contributed by atoms with Crippen LogP contribution in [0.3, 0.4) is 0 Å². The van der Waals surface area contributed by atoms with Gasteiger partial charge in [0.25, 0.3) is 15.9 Å². The normalized spacial score (nSPS) is 11.2. The van der Waals surface area contributed by atoms with Crippen molar-refractivity contribution in [3.8, 4) is 11.5 Å². The minimum atomic E-state index is -3.73. The zero-order valence-electron chi connectivity index (χ0n) is 17.8. The number of rotatable bonds is 7. The number of hydrogen-bond donors (Lipinski definition) is 2. The predicted octanol–water partition coefficient (Wildman–Crippen LogP) is 4.82. The fourth-order valence-corrected chi connectivity index (χ4v) is 4.38. The van der Waals surface area contributed by atoms with Gasteiger partial charge in [-0.1, -0.05) is 22.8 Å². The summed E-state index contributed by atoms with van der Waals surface area (Å²) in [4.78, 5) is 13.8. The van der Waals surface area contributed by atoms with E-state index in [1.165, 1.54) is 36.4 Å². The third-order valence-corrected chi connectivity index (χ3v) is 6.85. The lowest BCUT2D eigenvalue weighted by Crippen LogP contribution is -2.14. The number of amides is 1. The Balaban J connectivity index is 1.41. The van der Waals surface area contributed by atoms with Crippen LogP contribution in [0.15, 0.2) is 87.0 Å². The first-order chi connectivity index (χ1) is 15.8. The van der Waals surface area contributed by atoms with E-state index in [1.54, 1.807) is 23.9 Å². The summed E-state index contributed by atoms with van der Waals surface area (Å²) in [5, 5.41) is 10.4. The Morgan fingerprint density at radius 2 is 1.58 bits per heavy atom. The van der Waals surface area contributed by atoms with Gasteiger partial charge in [-0.2, -0.15) is 0 Å². The lowest BCUT2D eigenvalue weighted by Gasteiger charge is -2.09. The molecule has 2 N–H and O–H groups in total. The Hall–Kier alpha value is -3.63. The molecule has 3 aromatic carbocycles. The highest BCUT2D eigenvalue weighted by molar-refractivity contribution is 7.98. The van der Waals surface area contributed by atoms with Crippen LogP contribution in [0.4, 0.5) is 11.7 Å². The number of thioether (sulfide) groups is 1. The molecule has 4 aromatic rings. The third kappa shape index (κ3) is 5.41. The maximum atomic E-state index is 12.5. The molecule has 0 aliphatic heterocycles. The van der Waals surface area contributed by atoms with E-state index >= 15 is 0 Å². The van der Waals surface area contributed by atoms with Crippen LogP contribution in [0.1, 0.15) is 15.9 Å². The van der Waals surface area contributed by atoms with Crippen LogP contribution in [-0.2, 0) is 10.0 Å². The van der Waals surface area contributed by atoms with Crippen molar-refractivity contribution in [2.24, 2.45) is 0 Å². The number of hydrogen-bond acceptors (Lipinski definition) is 7. The highest BCUT2D eigenvalue weighted by atomic mass is 32.2. The molecule has 10 heteroatoms. The zero-order valence-corrected chi connectivity index (χ0v) is 19.4. The van der Waals surface area contributed by atoms with Crippen molar-refractivity contribution >= 4 is 39.4 Å². The molecule has 0 unspecified atom stereocenters. The van der Waals surface area contributed by atoms with Gasteiger partial charge >= 0.3 is 6.01 Å². The van der Waals surface area contributed by atoms with Crippen LogP contribution in [0.25, 0.3) is 11.5 Å². The Kier molecular flexibility index (Phi) is 6.47. The van der Waals surface area contributed by atoms with Gasteiger partial charge in [-0.3, -0.25) is 14.8 Å². The quantitative estimate of drug-likeness (QED) is 0.365. The summed E-state index contributed by atoms with van der Waals surface area (Å²) in [7, 11) is -3.73. The minimum Gasteiger partial charge on any atom is -0.403 e. The Morgan fingerprint density at radius 3 is 2.21 bits per heavy atom. The molecule has 8 nitrogen and oxygen atoms in total. The van der Waals surface area contributed by atoms with E-state index in [0.29, 0.717) is 17.1 Å². The summed E-state index contributed by atoms with van der Waals surface area (Å²) in [6.07, 6.45) is 1.99. The second kappa shape index (κ2) is 9.47. The average Bonchev–Trinajstić information content (AvgIpc) is 3.28. The SMILES string of the molecule is CSc1ccc(-c2nnc(NC(=O)c3ccc(NS(=O)(=O)c4ccc(C)cc4)cc3)o2)cc1. The van der Waals surface area contributed by atoms with Crippen LogP contribution in [0.2, 0.25) is 0 Å². The molecule has 1 amide bonds. The number of aryl methyl sites for hydroxylation is 1. The maximum Gasteiger partial charge on any atom is 0.322 e. The molecule has 0 saturated heterocycles. The second-order valence-corrected chi connectivity index (χ2v) is 9.65. The Morgan fingerprint density at radius 1 is 0.909 bits per heavy atom. The minimum absolute atomic E-state index is 0.0342. The van der Waals surface area contributed by atoms with Crippen LogP contribution in [-0.4, -0.2) is 30.8 Å². The van der Waals surface area contributed by atoms with Crippen LogP contribution in [0.5, 0.6) is 0 Å². The molecule has 0 spiro atoms. The highest BCUT2D eigenvalue weighted by Gasteiger charge is 2.16. The summed E-state index contributed by atoms with van der Waals surface area (Å²) < 4.78 is 33.0. The molecule has 33 heavy (non-hydrogen) atoms. The number of carbonyl (C=O) groups is 1. The van der Waals surface area contributed by atoms with Crippen molar-refractivity contribution in [1.82, 2.24) is 10.2 Å². The largest absolute Gasteiger partial charge is 0.403 e. The summed E-state index contributed by atoms with van der Waals surface area (Å²) >= 11 is 1.63. The monoisotopic (exact) mass is 480 g/mol. The van der Waals surface area contributed by atoms with E-state index in [-0.39, 0.29) is 10.9 Å². The molecule has 0 bridgehead atoms. The summed E-state index contributed by atoms with van der Waals surface area (Å²) in [5.41, 5.74) is 2.34. The van der Waals surface area contributed by atoms with E-state index < -0.39 is 15.9 Å². The maximum absolute atomic E-state index is 12.5. The lowest BCUT2D eigenvalue weighted by atomic mass is 10.2. The molecular weight excluding hydrogens is 460 g/mol. The van der Waals surface area contributed by atoms with Crippen molar-refractivity contribution in [3.63, 3.8) is 0 Å². The van der Waals surface area contributed by atoms with Gasteiger partial charge in [0.2, 0.25) is 5.89 Å². The molecule has 0 aliphatic rings. The van der Waals surface area contributed by atoms with E-state index in [2.05, 4.69) is 20.2 Å². The molecule has 0 fully saturated rings. The first kappa shape index (κ1) is 22.6. The number of nitrogens with zero attached hydrogens (tertiary/aromatic N) is 2. The summed E-state index contributed by atoms with van der Waals surface area (Å²) in [6.45, 7) is 1.88. The van der Waals surface area contributed by atoms with Crippen molar-refractivity contribution in [1.29, 1.82) is 0 Å². The number of nitrogens with one attached hydrogen (secondary N) is 2. The van der Waals surface area contributed by atoms with Gasteiger partial charge in [-0.15, -0.1) is 16.9 Å². The van der Waals surface area contributed by atoms with Crippen molar-refractivity contribution in [3.05, 3.63) is 83.9 Å². The van der Waals surface area contributed by atoms with Crippen molar-refractivity contribution in [2.75, 3.05) is 16.3 Å². The number of sulfonamides is 1. The first-order valence-electron chi connectivity index (χ1n) is 9.83. The van der Waals surface area contributed by atoms with E-state index in [9.17, 15) is 13.2 Å². The molecule has 0 radical (unpaired) electrons. The van der Waals surface area contributed by atoms with E-state index in [4.69, 9.17) is 4.42 Å². The Bertz CT molecular complexity index is 1370. The summed E-state index contributed by atoms with van der Waals surface area (Å²) in [5.74, 6) is -0.172. The molecule has 0 aliphatic carbocycles. The molecule has 4 rings (SSSR count). The van der Waals surface area contributed by atoms with Crippen LogP contribution >= 0.6 is 11.8 Å². The molecule has 0 atom stereocenters. The zero-order chi connectivity index (χ0) is 23.4. The third-order valence-electron chi connectivity index (χ3n) is 4.71. The highest BCUT2D eigenvalue weighted by Crippen LogP contribution is 2.23. The number of anilines is 2. The van der Waals surface area contributed by atoms with Crippen LogP contribution in [0, 0.1) is 6.92 Å². The van der Waals surface area contributed by atoms with Gasteiger partial charge in [0.1, 0.15) is 0 Å². The van der Waals surface area contributed by atoms with Gasteiger partial charge in [0.15, 0.2) is 0 Å². The number of benzene rings is 3. The van der Waals surface area contributed by atoms with Gasteiger partial charge in [-0.25, -0.2) is 8.42 Å².